The molecular weight excluding hydrogens is 246 g/mol. The Bertz CT molecular complexity index is 453. The average molecular weight is 269 g/mol. The molecule has 4 nitrogen and oxygen atoms in total. The Balaban J connectivity index is 2.85. The first-order chi connectivity index (χ1) is 8.20. The summed E-state index contributed by atoms with van der Waals surface area (Å²) in [5.74, 6) is 0.219. The van der Waals surface area contributed by atoms with Crippen LogP contribution in [0.2, 0.25) is 0 Å². The van der Waals surface area contributed by atoms with Gasteiger partial charge in [0, 0.05) is 29.8 Å². The van der Waals surface area contributed by atoms with Crippen LogP contribution in [0.4, 0.5) is 0 Å². The molecule has 1 aromatic rings. The summed E-state index contributed by atoms with van der Waals surface area (Å²) >= 11 is 5.00. The van der Waals surface area contributed by atoms with Gasteiger partial charge in [-0.15, -0.1) is 0 Å². The number of imidazole rings is 1. The van der Waals surface area contributed by atoms with Gasteiger partial charge in [0.2, 0.25) is 0 Å². The first kappa shape index (κ1) is 15.1. The van der Waals surface area contributed by atoms with Crippen LogP contribution < -0.4 is 5.32 Å². The maximum Gasteiger partial charge on any atom is 0.174 e. The van der Waals surface area contributed by atoms with E-state index in [0.717, 1.165) is 5.69 Å². The molecule has 0 spiro atoms. The third kappa shape index (κ3) is 4.38. The molecule has 0 aliphatic carbocycles. The number of hydrogen-bond acceptors (Lipinski definition) is 3. The number of aromatic amines is 2. The molecule has 1 rings (SSSR count). The van der Waals surface area contributed by atoms with Crippen LogP contribution in [0, 0.1) is 10.2 Å². The van der Waals surface area contributed by atoms with E-state index in [1.54, 1.807) is 0 Å². The van der Waals surface area contributed by atoms with Crippen LogP contribution in [0.25, 0.3) is 0 Å². The second-order valence-electron chi connectivity index (χ2n) is 5.96. The normalized spacial score (nSPS) is 13.9. The number of aromatic nitrogens is 2. The molecule has 5 heteroatoms. The number of rotatable bonds is 5. The summed E-state index contributed by atoms with van der Waals surface area (Å²) in [6, 6.07) is 0.0784. The molecule has 1 unspecified atom stereocenters. The van der Waals surface area contributed by atoms with Crippen molar-refractivity contribution < 1.29 is 4.79 Å². The highest BCUT2D eigenvalue weighted by molar-refractivity contribution is 7.71. The molecule has 0 aliphatic rings. The first-order valence-electron chi connectivity index (χ1n) is 6.27. The zero-order valence-electron chi connectivity index (χ0n) is 11.8. The Morgan fingerprint density at radius 2 is 2.06 bits per heavy atom. The molecule has 102 valence electrons. The van der Waals surface area contributed by atoms with Crippen LogP contribution in [0.1, 0.15) is 40.3 Å². The largest absolute Gasteiger partial charge is 0.337 e. The second-order valence-corrected chi connectivity index (χ2v) is 6.37. The van der Waals surface area contributed by atoms with Crippen LogP contribution in [0.5, 0.6) is 0 Å². The maximum absolute atomic E-state index is 12.4. The van der Waals surface area contributed by atoms with E-state index < -0.39 is 0 Å². The van der Waals surface area contributed by atoms with Gasteiger partial charge in [-0.1, -0.05) is 34.6 Å². The predicted octanol–water partition coefficient (Wildman–Crippen LogP) is 2.60. The number of Topliss-reactive ketones (excluding diaryl/α,β-unsaturated/α-hetero) is 1. The van der Waals surface area contributed by atoms with Crippen molar-refractivity contribution in [3.63, 3.8) is 0 Å². The molecule has 1 heterocycles. The molecule has 0 saturated heterocycles. The van der Waals surface area contributed by atoms with Gasteiger partial charge in [-0.05, 0) is 12.2 Å². The zero-order valence-corrected chi connectivity index (χ0v) is 12.6. The average Bonchev–Trinajstić information content (AvgIpc) is 2.60. The predicted molar refractivity (Wildman–Crippen MR) is 76.2 cm³/mol. The summed E-state index contributed by atoms with van der Waals surface area (Å²) in [6.07, 6.45) is 2.45. The van der Waals surface area contributed by atoms with Crippen LogP contribution in [0.3, 0.4) is 0 Å². The third-order valence-corrected chi connectivity index (χ3v) is 2.89. The first-order valence-corrected chi connectivity index (χ1v) is 6.68. The van der Waals surface area contributed by atoms with E-state index in [9.17, 15) is 4.79 Å². The van der Waals surface area contributed by atoms with Gasteiger partial charge in [0.1, 0.15) is 0 Å². The standard InChI is InChI=1S/C13H23N3OS/c1-8(2)15-10(11(17)13(3,4)5)6-9-7-14-12(18)16-9/h7-8,10,15H,6H2,1-5H3,(H2,14,16,18). The molecular formula is C13H23N3OS. The van der Waals surface area contributed by atoms with Crippen molar-refractivity contribution in [1.82, 2.24) is 15.3 Å². The van der Waals surface area contributed by atoms with Gasteiger partial charge in [0.05, 0.1) is 6.04 Å². The van der Waals surface area contributed by atoms with E-state index >= 15 is 0 Å². The number of nitrogens with one attached hydrogen (secondary N) is 3. The highest BCUT2D eigenvalue weighted by Crippen LogP contribution is 2.19. The monoisotopic (exact) mass is 269 g/mol. The lowest BCUT2D eigenvalue weighted by atomic mass is 9.84. The summed E-state index contributed by atoms with van der Waals surface area (Å²) in [5, 5.41) is 3.33. The van der Waals surface area contributed by atoms with E-state index in [4.69, 9.17) is 12.2 Å². The van der Waals surface area contributed by atoms with E-state index in [1.807, 2.05) is 40.8 Å². The summed E-state index contributed by atoms with van der Waals surface area (Å²) in [7, 11) is 0. The molecule has 3 N–H and O–H groups in total. The van der Waals surface area contributed by atoms with E-state index in [-0.39, 0.29) is 23.3 Å². The smallest absolute Gasteiger partial charge is 0.174 e. The number of H-pyrrole nitrogens is 2. The lowest BCUT2D eigenvalue weighted by Crippen LogP contribution is -2.47. The topological polar surface area (TPSA) is 60.7 Å². The fraction of sp³-hybridized carbons (Fsp3) is 0.692. The molecule has 18 heavy (non-hydrogen) atoms. The van der Waals surface area contributed by atoms with Gasteiger partial charge >= 0.3 is 0 Å². The minimum Gasteiger partial charge on any atom is -0.337 e. The van der Waals surface area contributed by atoms with Crippen LogP contribution in [0.15, 0.2) is 6.20 Å². The molecule has 0 aliphatic heterocycles. The Morgan fingerprint density at radius 3 is 2.44 bits per heavy atom. The van der Waals surface area contributed by atoms with Crippen molar-refractivity contribution in [1.29, 1.82) is 0 Å². The third-order valence-electron chi connectivity index (χ3n) is 2.67. The molecule has 0 aromatic carbocycles. The van der Waals surface area contributed by atoms with Gasteiger partial charge in [-0.3, -0.25) is 4.79 Å². The lowest BCUT2D eigenvalue weighted by molar-refractivity contribution is -0.128. The summed E-state index contributed by atoms with van der Waals surface area (Å²) in [4.78, 5) is 18.4. The highest BCUT2D eigenvalue weighted by Gasteiger charge is 2.30. The molecule has 1 atom stereocenters. The van der Waals surface area contributed by atoms with Crippen LogP contribution in [-0.4, -0.2) is 27.8 Å². The minimum absolute atomic E-state index is 0.188. The van der Waals surface area contributed by atoms with Crippen LogP contribution in [-0.2, 0) is 11.2 Å². The molecule has 0 amide bonds. The van der Waals surface area contributed by atoms with E-state index in [1.165, 1.54) is 0 Å². The summed E-state index contributed by atoms with van der Waals surface area (Å²) in [6.45, 7) is 9.93. The highest BCUT2D eigenvalue weighted by atomic mass is 32.1. The van der Waals surface area contributed by atoms with E-state index in [0.29, 0.717) is 11.2 Å². The van der Waals surface area contributed by atoms with Crippen molar-refractivity contribution in [2.24, 2.45) is 5.41 Å². The fourth-order valence-electron chi connectivity index (χ4n) is 1.85. The van der Waals surface area contributed by atoms with Crippen molar-refractivity contribution in [2.75, 3.05) is 0 Å². The van der Waals surface area contributed by atoms with Crippen LogP contribution >= 0.6 is 12.2 Å². The Hall–Kier alpha value is -0.940. The number of carbonyl (C=O) groups excluding carboxylic acids is 1. The molecule has 0 radical (unpaired) electrons. The fourth-order valence-corrected chi connectivity index (χ4v) is 2.04. The van der Waals surface area contributed by atoms with Gasteiger partial charge in [0.15, 0.2) is 10.6 Å². The Morgan fingerprint density at radius 1 is 1.44 bits per heavy atom. The van der Waals surface area contributed by atoms with Crippen molar-refractivity contribution in [3.05, 3.63) is 16.7 Å². The van der Waals surface area contributed by atoms with Crippen molar-refractivity contribution >= 4 is 18.0 Å². The molecule has 1 aromatic heterocycles. The van der Waals surface area contributed by atoms with Gasteiger partial charge in [-0.2, -0.15) is 0 Å². The molecule has 0 fully saturated rings. The Kier molecular flexibility index (Phi) is 4.87. The Labute approximate surface area is 114 Å². The SMILES string of the molecule is CC(C)NC(Cc1c[nH]c(=S)[nH]1)C(=O)C(C)(C)C. The van der Waals surface area contributed by atoms with Gasteiger partial charge in [0.25, 0.3) is 0 Å². The van der Waals surface area contributed by atoms with Crippen molar-refractivity contribution in [2.45, 2.75) is 53.1 Å². The van der Waals surface area contributed by atoms with Gasteiger partial charge < -0.3 is 15.3 Å². The van der Waals surface area contributed by atoms with E-state index in [2.05, 4.69) is 15.3 Å². The molecule has 0 saturated carbocycles. The minimum atomic E-state index is -0.348. The summed E-state index contributed by atoms with van der Waals surface area (Å²) in [5.41, 5.74) is 0.607. The lowest BCUT2D eigenvalue weighted by Gasteiger charge is -2.26. The number of ketones is 1. The van der Waals surface area contributed by atoms with Gasteiger partial charge in [-0.25, -0.2) is 0 Å². The quantitative estimate of drug-likeness (QED) is 0.720. The maximum atomic E-state index is 12.4. The second kappa shape index (κ2) is 5.80. The number of hydrogen-bond donors (Lipinski definition) is 3. The molecule has 0 bridgehead atoms. The summed E-state index contributed by atoms with van der Waals surface area (Å²) < 4.78 is 0.594. The number of carbonyl (C=O) groups is 1. The van der Waals surface area contributed by atoms with Crippen molar-refractivity contribution in [3.8, 4) is 0 Å². The zero-order chi connectivity index (χ0) is 13.9.